The highest BCUT2D eigenvalue weighted by Crippen LogP contribution is 2.43. The Morgan fingerprint density at radius 1 is 0.400 bits per heavy atom. The quantitative estimate of drug-likeness (QED) is 0.0211. The van der Waals surface area contributed by atoms with Crippen LogP contribution in [0, 0.1) is 0 Å². The van der Waals surface area contributed by atoms with E-state index in [0.29, 0.717) is 17.4 Å². The normalized spacial score (nSPS) is 14.0. The van der Waals surface area contributed by atoms with Gasteiger partial charge in [0.05, 0.1) is 27.7 Å². The fourth-order valence-corrected chi connectivity index (χ4v) is 9.27. The molecule has 2 atom stereocenters. The number of ether oxygens (including phenoxy) is 2. The van der Waals surface area contributed by atoms with Crippen molar-refractivity contribution in [1.82, 2.24) is 0 Å². The van der Waals surface area contributed by atoms with Crippen molar-refractivity contribution in [3.63, 3.8) is 0 Å². The van der Waals surface area contributed by atoms with Crippen molar-refractivity contribution in [2.24, 2.45) is 0 Å². The standard InChI is InChI=1S/C70H120NO8P/c1-6-8-10-12-14-16-18-20-22-24-26-28-29-30-31-32-33-34-35-36-37-38-39-40-41-43-45-47-49-51-53-55-57-59-61-63-70(73)79-68(67-78-80(74,75)77-65-64-71(3,4)5)66-76-69(72)62-60-58-56-54-52-50-48-46-44-42-27-25-23-21-19-17-15-13-11-9-7-2/h8,10,14,16,19-22,25-28,30-31,33-34,36-37,39-40,68H,6-7,9,11-13,15,17-18,23-24,29,32,35,38,41-67H2,1-5H3/p+1/b10-8-,16-14-,21-19-,22-20-,27-25-,28-26-,31-30-,34-33-,37-36-,40-39-. The molecule has 0 saturated carbocycles. The highest BCUT2D eigenvalue weighted by Gasteiger charge is 2.27. The number of phosphoric acid groups is 1. The Balaban J connectivity index is 4.14. The van der Waals surface area contributed by atoms with E-state index in [9.17, 15) is 19.0 Å². The third-order valence-electron chi connectivity index (χ3n) is 13.5. The summed E-state index contributed by atoms with van der Waals surface area (Å²) in [5.41, 5.74) is 0. The first-order valence-corrected chi connectivity index (χ1v) is 33.8. The number of hydrogen-bond donors (Lipinski definition) is 1. The van der Waals surface area contributed by atoms with E-state index < -0.39 is 26.5 Å². The molecule has 0 amide bonds. The second-order valence-electron chi connectivity index (χ2n) is 22.4. The number of hydrogen-bond acceptors (Lipinski definition) is 7. The number of carbonyl (C=O) groups is 2. The van der Waals surface area contributed by atoms with Gasteiger partial charge in [-0.05, 0) is 109 Å². The molecule has 0 aromatic heterocycles. The molecule has 80 heavy (non-hydrogen) atoms. The van der Waals surface area contributed by atoms with Gasteiger partial charge in [0.25, 0.3) is 0 Å². The lowest BCUT2D eigenvalue weighted by atomic mass is 10.0. The molecule has 1 N–H and O–H groups in total. The molecule has 2 unspecified atom stereocenters. The van der Waals surface area contributed by atoms with Crippen molar-refractivity contribution < 1.29 is 42.1 Å². The number of phosphoric ester groups is 1. The Hall–Kier alpha value is -3.59. The molecule has 458 valence electrons. The molecule has 0 fully saturated rings. The molecule has 0 bridgehead atoms. The fraction of sp³-hybridized carbons (Fsp3) is 0.686. The van der Waals surface area contributed by atoms with Gasteiger partial charge < -0.3 is 18.9 Å². The maximum absolute atomic E-state index is 12.9. The van der Waals surface area contributed by atoms with E-state index in [2.05, 4.69) is 135 Å². The van der Waals surface area contributed by atoms with Crippen LogP contribution < -0.4 is 0 Å². The Morgan fingerprint density at radius 2 is 0.713 bits per heavy atom. The van der Waals surface area contributed by atoms with Crippen LogP contribution in [0.25, 0.3) is 0 Å². The molecular formula is C70H121NO8P+. The predicted octanol–water partition coefficient (Wildman–Crippen LogP) is 20.7. The van der Waals surface area contributed by atoms with Gasteiger partial charge in [0.15, 0.2) is 6.10 Å². The number of esters is 2. The van der Waals surface area contributed by atoms with E-state index in [4.69, 9.17) is 18.5 Å². The minimum atomic E-state index is -4.40. The summed E-state index contributed by atoms with van der Waals surface area (Å²) in [7, 11) is 1.46. The third kappa shape index (κ3) is 63.6. The highest BCUT2D eigenvalue weighted by molar-refractivity contribution is 7.47. The molecule has 0 spiro atoms. The van der Waals surface area contributed by atoms with Crippen LogP contribution in [0.1, 0.15) is 258 Å². The minimum Gasteiger partial charge on any atom is -0.462 e. The smallest absolute Gasteiger partial charge is 0.462 e. The zero-order chi connectivity index (χ0) is 58.4. The number of rotatable bonds is 58. The molecule has 0 aliphatic heterocycles. The number of quaternary nitrogens is 1. The number of likely N-dealkylation sites (N-methyl/N-ethyl adjacent to an activating group) is 1. The van der Waals surface area contributed by atoms with E-state index in [0.717, 1.165) is 103 Å². The first-order valence-electron chi connectivity index (χ1n) is 32.3. The molecular weight excluding hydrogens is 1010 g/mol. The first kappa shape index (κ1) is 76.4. The van der Waals surface area contributed by atoms with E-state index in [1.165, 1.54) is 122 Å². The van der Waals surface area contributed by atoms with Gasteiger partial charge in [0.2, 0.25) is 0 Å². The molecule has 0 aromatic carbocycles. The minimum absolute atomic E-state index is 0.0248. The van der Waals surface area contributed by atoms with Crippen molar-refractivity contribution in [1.29, 1.82) is 0 Å². The van der Waals surface area contributed by atoms with Gasteiger partial charge in [-0.1, -0.05) is 257 Å². The summed E-state index contributed by atoms with van der Waals surface area (Å²) in [4.78, 5) is 35.8. The zero-order valence-corrected chi connectivity index (χ0v) is 52.9. The van der Waals surface area contributed by atoms with Crippen LogP contribution in [0.5, 0.6) is 0 Å². The lowest BCUT2D eigenvalue weighted by molar-refractivity contribution is -0.870. The first-order chi connectivity index (χ1) is 39.0. The number of allylic oxidation sites excluding steroid dienone is 20. The lowest BCUT2D eigenvalue weighted by Crippen LogP contribution is -2.37. The second kappa shape index (κ2) is 60.0. The molecule has 0 heterocycles. The van der Waals surface area contributed by atoms with Gasteiger partial charge in [-0.25, -0.2) is 4.57 Å². The Bertz CT molecular complexity index is 1760. The molecule has 10 heteroatoms. The van der Waals surface area contributed by atoms with Crippen LogP contribution >= 0.6 is 7.82 Å². The summed E-state index contributed by atoms with van der Waals surface area (Å²) >= 11 is 0. The Morgan fingerprint density at radius 3 is 1.06 bits per heavy atom. The van der Waals surface area contributed by atoms with Gasteiger partial charge in [-0.3, -0.25) is 18.6 Å². The van der Waals surface area contributed by atoms with Crippen molar-refractivity contribution in [3.05, 3.63) is 122 Å². The highest BCUT2D eigenvalue weighted by atomic mass is 31.2. The van der Waals surface area contributed by atoms with Gasteiger partial charge in [-0.2, -0.15) is 0 Å². The van der Waals surface area contributed by atoms with Crippen molar-refractivity contribution in [2.75, 3.05) is 47.5 Å². The summed E-state index contributed by atoms with van der Waals surface area (Å²) in [6.07, 6.45) is 85.6. The van der Waals surface area contributed by atoms with Gasteiger partial charge in [0.1, 0.15) is 19.8 Å². The van der Waals surface area contributed by atoms with Crippen LogP contribution in [-0.4, -0.2) is 74.9 Å². The summed E-state index contributed by atoms with van der Waals surface area (Å²) < 4.78 is 34.6. The van der Waals surface area contributed by atoms with E-state index >= 15 is 0 Å². The van der Waals surface area contributed by atoms with Crippen molar-refractivity contribution >= 4 is 19.8 Å². The monoisotopic (exact) mass is 1130 g/mol. The topological polar surface area (TPSA) is 108 Å². The van der Waals surface area contributed by atoms with E-state index in [1.807, 2.05) is 21.1 Å². The molecule has 9 nitrogen and oxygen atoms in total. The van der Waals surface area contributed by atoms with Crippen LogP contribution in [0.2, 0.25) is 0 Å². The summed E-state index contributed by atoms with van der Waals surface area (Å²) in [5, 5.41) is 0. The predicted molar refractivity (Wildman–Crippen MR) is 344 cm³/mol. The SMILES string of the molecule is CC/C=C\C/C=C\C/C=C\C/C=C\C/C=C\C/C=C\C/C=C\C/C=C\CCCCCCCCCCCCC(=O)OC(COC(=O)CCCCCCCCCCC/C=C\C/C=C\CCCCCCC)COP(=O)(O)OCC[N+](C)(C)C. The largest absolute Gasteiger partial charge is 0.472 e. The zero-order valence-electron chi connectivity index (χ0n) is 52.0. The van der Waals surface area contributed by atoms with Crippen LogP contribution in [0.4, 0.5) is 0 Å². The van der Waals surface area contributed by atoms with Gasteiger partial charge in [0, 0.05) is 12.8 Å². The van der Waals surface area contributed by atoms with Gasteiger partial charge in [-0.15, -0.1) is 0 Å². The molecule has 0 aliphatic carbocycles. The van der Waals surface area contributed by atoms with Gasteiger partial charge >= 0.3 is 19.8 Å². The summed E-state index contributed by atoms with van der Waals surface area (Å²) in [6, 6.07) is 0. The lowest BCUT2D eigenvalue weighted by Gasteiger charge is -2.24. The number of nitrogens with zero attached hydrogens (tertiary/aromatic N) is 1. The third-order valence-corrected chi connectivity index (χ3v) is 14.5. The summed E-state index contributed by atoms with van der Waals surface area (Å²) in [5.74, 6) is -0.809. The molecule has 0 aliphatic rings. The van der Waals surface area contributed by atoms with Crippen molar-refractivity contribution in [3.8, 4) is 0 Å². The maximum Gasteiger partial charge on any atom is 0.472 e. The van der Waals surface area contributed by atoms with Crippen LogP contribution in [0.3, 0.4) is 0 Å². The maximum atomic E-state index is 12.9. The molecule has 0 saturated heterocycles. The average Bonchev–Trinajstić information content (AvgIpc) is 3.42. The second-order valence-corrected chi connectivity index (χ2v) is 23.9. The molecule has 0 radical (unpaired) electrons. The van der Waals surface area contributed by atoms with Crippen LogP contribution in [0.15, 0.2) is 122 Å². The van der Waals surface area contributed by atoms with E-state index in [-0.39, 0.29) is 32.0 Å². The summed E-state index contributed by atoms with van der Waals surface area (Å²) in [6.45, 7) is 4.30. The average molecular weight is 1140 g/mol. The molecule has 0 aromatic rings. The molecule has 0 rings (SSSR count). The van der Waals surface area contributed by atoms with Crippen LogP contribution in [-0.2, 0) is 32.7 Å². The number of carbonyl (C=O) groups excluding carboxylic acids is 2. The fourth-order valence-electron chi connectivity index (χ4n) is 8.53. The Labute approximate surface area is 492 Å². The van der Waals surface area contributed by atoms with Crippen molar-refractivity contribution in [2.45, 2.75) is 264 Å². The van der Waals surface area contributed by atoms with E-state index in [1.54, 1.807) is 0 Å². The number of unbranched alkanes of at least 4 members (excludes halogenated alkanes) is 24. The Kier molecular flexibility index (Phi) is 57.3.